The van der Waals surface area contributed by atoms with Crippen molar-refractivity contribution in [3.05, 3.63) is 45.9 Å². The van der Waals surface area contributed by atoms with E-state index in [1.54, 1.807) is 26.0 Å². The van der Waals surface area contributed by atoms with E-state index in [-0.39, 0.29) is 34.9 Å². The summed E-state index contributed by atoms with van der Waals surface area (Å²) >= 11 is 0. The van der Waals surface area contributed by atoms with Gasteiger partial charge in [0.15, 0.2) is 0 Å². The van der Waals surface area contributed by atoms with E-state index in [1.807, 2.05) is 0 Å². The van der Waals surface area contributed by atoms with Crippen LogP contribution in [0, 0.1) is 17.0 Å². The second kappa shape index (κ2) is 6.51. The molecule has 0 radical (unpaired) electrons. The molecule has 10 nitrogen and oxygen atoms in total. The summed E-state index contributed by atoms with van der Waals surface area (Å²) in [6, 6.07) is 4.61. The van der Waals surface area contributed by atoms with Crippen molar-refractivity contribution in [2.24, 2.45) is 0 Å². The molecule has 2 heterocycles. The van der Waals surface area contributed by atoms with Crippen molar-refractivity contribution >= 4 is 34.3 Å². The van der Waals surface area contributed by atoms with E-state index in [4.69, 9.17) is 9.26 Å². The Hall–Kier alpha value is -3.56. The highest BCUT2D eigenvalue weighted by Crippen LogP contribution is 2.31. The van der Waals surface area contributed by atoms with Gasteiger partial charge in [-0.1, -0.05) is 11.2 Å². The number of carbonyl (C=O) groups is 1. The number of hydrogen-bond acceptors (Lipinski definition) is 9. The van der Waals surface area contributed by atoms with Gasteiger partial charge in [-0.15, -0.1) is 0 Å². The molecule has 2 aromatic heterocycles. The standard InChI is InChI=1S/C15H13N5O5/c1-3-24-15(21)12-11-13(16-7-17-14(11)25-19-12)18-9-5-4-6-10(8(9)2)20(22)23/h4-7H,3H2,1-2H3,(H,16,17,18). The molecular weight excluding hydrogens is 330 g/mol. The van der Waals surface area contributed by atoms with Crippen LogP contribution < -0.4 is 5.32 Å². The van der Waals surface area contributed by atoms with Crippen LogP contribution in [0.2, 0.25) is 0 Å². The normalized spacial score (nSPS) is 10.6. The largest absolute Gasteiger partial charge is 0.461 e. The Bertz CT molecular complexity index is 968. The van der Waals surface area contributed by atoms with Gasteiger partial charge in [0.25, 0.3) is 11.4 Å². The molecule has 0 aliphatic heterocycles. The maximum Gasteiger partial charge on any atom is 0.361 e. The number of nitrogens with zero attached hydrogens (tertiary/aromatic N) is 4. The molecule has 128 valence electrons. The van der Waals surface area contributed by atoms with E-state index >= 15 is 0 Å². The maximum absolute atomic E-state index is 12.0. The minimum Gasteiger partial charge on any atom is -0.461 e. The molecule has 3 rings (SSSR count). The van der Waals surface area contributed by atoms with Crippen molar-refractivity contribution in [3.8, 4) is 0 Å². The fraction of sp³-hybridized carbons (Fsp3) is 0.200. The highest BCUT2D eigenvalue weighted by molar-refractivity contribution is 6.05. The third kappa shape index (κ3) is 2.96. The van der Waals surface area contributed by atoms with E-state index in [1.165, 1.54) is 12.4 Å². The van der Waals surface area contributed by atoms with E-state index in [0.717, 1.165) is 0 Å². The van der Waals surface area contributed by atoms with Crippen molar-refractivity contribution in [2.45, 2.75) is 13.8 Å². The third-order valence-electron chi connectivity index (χ3n) is 3.50. The number of anilines is 2. The molecule has 0 fully saturated rings. The predicted molar refractivity (Wildman–Crippen MR) is 86.7 cm³/mol. The lowest BCUT2D eigenvalue weighted by Crippen LogP contribution is -2.07. The lowest BCUT2D eigenvalue weighted by molar-refractivity contribution is -0.385. The van der Waals surface area contributed by atoms with Crippen LogP contribution in [0.5, 0.6) is 0 Å². The van der Waals surface area contributed by atoms with Crippen molar-refractivity contribution < 1.29 is 19.0 Å². The summed E-state index contributed by atoms with van der Waals surface area (Å²) in [5.41, 5.74) is 0.886. The summed E-state index contributed by atoms with van der Waals surface area (Å²) in [4.78, 5) is 30.6. The lowest BCUT2D eigenvalue weighted by atomic mass is 10.1. The number of ether oxygens (including phenoxy) is 1. The average molecular weight is 343 g/mol. The number of nitro groups is 1. The third-order valence-corrected chi connectivity index (χ3v) is 3.50. The summed E-state index contributed by atoms with van der Waals surface area (Å²) in [6.45, 7) is 3.45. The Morgan fingerprint density at radius 1 is 1.40 bits per heavy atom. The van der Waals surface area contributed by atoms with Crippen molar-refractivity contribution in [1.82, 2.24) is 15.1 Å². The molecule has 25 heavy (non-hydrogen) atoms. The number of hydrogen-bond donors (Lipinski definition) is 1. The fourth-order valence-electron chi connectivity index (χ4n) is 2.30. The molecule has 0 unspecified atom stereocenters. The number of nitro benzene ring substituents is 1. The van der Waals surface area contributed by atoms with Gasteiger partial charge >= 0.3 is 5.97 Å². The van der Waals surface area contributed by atoms with Crippen LogP contribution in [0.4, 0.5) is 17.2 Å². The number of nitrogens with one attached hydrogen (secondary N) is 1. The summed E-state index contributed by atoms with van der Waals surface area (Å²) < 4.78 is 9.98. The fourth-order valence-corrected chi connectivity index (χ4v) is 2.30. The zero-order valence-corrected chi connectivity index (χ0v) is 13.3. The van der Waals surface area contributed by atoms with Crippen molar-refractivity contribution in [1.29, 1.82) is 0 Å². The Morgan fingerprint density at radius 2 is 2.20 bits per heavy atom. The molecule has 0 spiro atoms. The first-order valence-electron chi connectivity index (χ1n) is 7.31. The summed E-state index contributed by atoms with van der Waals surface area (Å²) in [6.07, 6.45) is 1.23. The van der Waals surface area contributed by atoms with Crippen molar-refractivity contribution in [2.75, 3.05) is 11.9 Å². The minimum absolute atomic E-state index is 0.0359. The number of benzene rings is 1. The molecule has 1 aromatic carbocycles. The number of esters is 1. The molecule has 0 aliphatic rings. The van der Waals surface area contributed by atoms with Crippen LogP contribution in [0.1, 0.15) is 23.0 Å². The van der Waals surface area contributed by atoms with E-state index < -0.39 is 10.9 Å². The Balaban J connectivity index is 2.08. The Labute approximate surface area is 141 Å². The van der Waals surface area contributed by atoms with Crippen LogP contribution in [0.25, 0.3) is 11.1 Å². The van der Waals surface area contributed by atoms with Crippen LogP contribution >= 0.6 is 0 Å². The number of aromatic nitrogens is 3. The molecule has 0 bridgehead atoms. The van der Waals surface area contributed by atoms with Gasteiger partial charge in [-0.2, -0.15) is 4.98 Å². The molecule has 0 amide bonds. The monoisotopic (exact) mass is 343 g/mol. The molecule has 0 saturated heterocycles. The zero-order valence-electron chi connectivity index (χ0n) is 13.3. The number of carbonyl (C=O) groups excluding carboxylic acids is 1. The van der Waals surface area contributed by atoms with Gasteiger partial charge in [-0.3, -0.25) is 10.1 Å². The van der Waals surface area contributed by atoms with Gasteiger partial charge in [0.05, 0.1) is 17.1 Å². The topological polar surface area (TPSA) is 133 Å². The van der Waals surface area contributed by atoms with E-state index in [9.17, 15) is 14.9 Å². The molecule has 3 aromatic rings. The summed E-state index contributed by atoms with van der Waals surface area (Å²) in [5, 5.41) is 18.0. The van der Waals surface area contributed by atoms with E-state index in [2.05, 4.69) is 20.4 Å². The van der Waals surface area contributed by atoms with Gasteiger partial charge in [0, 0.05) is 11.8 Å². The second-order valence-electron chi connectivity index (χ2n) is 4.99. The second-order valence-corrected chi connectivity index (χ2v) is 4.99. The zero-order chi connectivity index (χ0) is 18.0. The Kier molecular flexibility index (Phi) is 4.25. The van der Waals surface area contributed by atoms with Crippen LogP contribution in [-0.2, 0) is 4.74 Å². The first-order valence-corrected chi connectivity index (χ1v) is 7.31. The highest BCUT2D eigenvalue weighted by atomic mass is 16.6. The van der Waals surface area contributed by atoms with Crippen LogP contribution in [0.3, 0.4) is 0 Å². The van der Waals surface area contributed by atoms with Crippen LogP contribution in [0.15, 0.2) is 29.0 Å². The molecule has 1 N–H and O–H groups in total. The molecule has 0 atom stereocenters. The molecule has 10 heteroatoms. The Morgan fingerprint density at radius 3 is 2.92 bits per heavy atom. The van der Waals surface area contributed by atoms with Gasteiger partial charge in [-0.05, 0) is 19.9 Å². The number of fused-ring (bicyclic) bond motifs is 1. The number of rotatable bonds is 5. The highest BCUT2D eigenvalue weighted by Gasteiger charge is 2.23. The van der Waals surface area contributed by atoms with Gasteiger partial charge in [0.2, 0.25) is 5.69 Å². The van der Waals surface area contributed by atoms with Gasteiger partial charge in [-0.25, -0.2) is 9.78 Å². The van der Waals surface area contributed by atoms with Gasteiger partial charge < -0.3 is 14.6 Å². The SMILES string of the molecule is CCOC(=O)c1noc2ncnc(Nc3cccc([N+](=O)[O-])c3C)c12. The van der Waals surface area contributed by atoms with Crippen molar-refractivity contribution in [3.63, 3.8) is 0 Å². The smallest absolute Gasteiger partial charge is 0.361 e. The summed E-state index contributed by atoms with van der Waals surface area (Å²) in [7, 11) is 0. The molecule has 0 saturated carbocycles. The predicted octanol–water partition coefficient (Wildman–Crippen LogP) is 2.75. The maximum atomic E-state index is 12.0. The molecular formula is C15H13N5O5. The molecule has 0 aliphatic carbocycles. The average Bonchev–Trinajstić information content (AvgIpc) is 3.02. The minimum atomic E-state index is -0.671. The van der Waals surface area contributed by atoms with Crippen LogP contribution in [-0.4, -0.2) is 32.6 Å². The quantitative estimate of drug-likeness (QED) is 0.421. The lowest BCUT2D eigenvalue weighted by Gasteiger charge is -2.09. The van der Waals surface area contributed by atoms with E-state index in [0.29, 0.717) is 11.3 Å². The van der Waals surface area contributed by atoms with Gasteiger partial charge in [0.1, 0.15) is 17.5 Å². The first-order chi connectivity index (χ1) is 12.0. The first kappa shape index (κ1) is 16.3. The summed E-state index contributed by atoms with van der Waals surface area (Å²) in [5.74, 6) is -0.437.